The molecule has 3 aromatic rings. The molecule has 0 fully saturated rings. The van der Waals surface area contributed by atoms with Crippen LogP contribution in [-0.4, -0.2) is 24.7 Å². The summed E-state index contributed by atoms with van der Waals surface area (Å²) in [4.78, 5) is 23.6. The molecule has 1 N–H and O–H groups in total. The van der Waals surface area contributed by atoms with Crippen LogP contribution >= 0.6 is 15.9 Å². The number of hydrogen-bond donors (Lipinski definition) is 1. The average Bonchev–Trinajstić information content (AvgIpc) is 3.19. The molecule has 0 radical (unpaired) electrons. The Balaban J connectivity index is 1.56. The van der Waals surface area contributed by atoms with Crippen molar-refractivity contribution in [3.8, 4) is 11.3 Å². The fourth-order valence-electron chi connectivity index (χ4n) is 2.56. The lowest BCUT2D eigenvalue weighted by atomic mass is 10.1. The normalized spacial score (nSPS) is 10.8. The Morgan fingerprint density at radius 2 is 1.79 bits per heavy atom. The van der Waals surface area contributed by atoms with Crippen LogP contribution in [-0.2, 0) is 16.0 Å². The zero-order chi connectivity index (χ0) is 20.6. The van der Waals surface area contributed by atoms with E-state index in [0.717, 1.165) is 15.6 Å². The van der Waals surface area contributed by atoms with Gasteiger partial charge in [-0.15, -0.1) is 0 Å². The molecule has 0 saturated heterocycles. The van der Waals surface area contributed by atoms with Crippen molar-refractivity contribution in [2.75, 3.05) is 6.61 Å². The zero-order valence-electron chi connectivity index (χ0n) is 15.7. The second-order valence-electron chi connectivity index (χ2n) is 6.10. The quantitative estimate of drug-likeness (QED) is 0.321. The smallest absolute Gasteiger partial charge is 0.338 e. The summed E-state index contributed by atoms with van der Waals surface area (Å²) in [7, 11) is 0. The number of benzene rings is 2. The van der Waals surface area contributed by atoms with E-state index in [1.165, 1.54) is 6.21 Å². The van der Waals surface area contributed by atoms with Crippen LogP contribution in [0.25, 0.3) is 11.3 Å². The van der Waals surface area contributed by atoms with Gasteiger partial charge in [-0.1, -0.05) is 40.2 Å². The van der Waals surface area contributed by atoms with Crippen LogP contribution in [0.5, 0.6) is 0 Å². The predicted octanol–water partition coefficient (Wildman–Crippen LogP) is 4.58. The van der Waals surface area contributed by atoms with Crippen molar-refractivity contribution in [2.45, 2.75) is 13.3 Å². The van der Waals surface area contributed by atoms with Gasteiger partial charge in [-0.25, -0.2) is 10.2 Å². The van der Waals surface area contributed by atoms with Crippen molar-refractivity contribution in [1.82, 2.24) is 5.43 Å². The lowest BCUT2D eigenvalue weighted by Crippen LogP contribution is -2.19. The predicted molar refractivity (Wildman–Crippen MR) is 114 cm³/mol. The maximum absolute atomic E-state index is 11.9. The fraction of sp³-hybridized carbons (Fsp3) is 0.136. The Morgan fingerprint density at radius 3 is 2.48 bits per heavy atom. The summed E-state index contributed by atoms with van der Waals surface area (Å²) >= 11 is 3.36. The van der Waals surface area contributed by atoms with Crippen LogP contribution < -0.4 is 5.43 Å². The van der Waals surface area contributed by atoms with Crippen LogP contribution in [0.15, 0.2) is 74.7 Å². The first kappa shape index (κ1) is 20.5. The van der Waals surface area contributed by atoms with Crippen molar-refractivity contribution in [2.24, 2.45) is 5.10 Å². The Kier molecular flexibility index (Phi) is 6.97. The molecule has 29 heavy (non-hydrogen) atoms. The van der Waals surface area contributed by atoms with Gasteiger partial charge < -0.3 is 9.15 Å². The minimum atomic E-state index is -0.356. The fourth-order valence-corrected chi connectivity index (χ4v) is 2.82. The zero-order valence-corrected chi connectivity index (χ0v) is 17.3. The highest BCUT2D eigenvalue weighted by molar-refractivity contribution is 9.10. The number of esters is 1. The second-order valence-corrected chi connectivity index (χ2v) is 7.01. The summed E-state index contributed by atoms with van der Waals surface area (Å²) in [6, 6.07) is 18.0. The largest absolute Gasteiger partial charge is 0.462 e. The number of furan rings is 1. The molecule has 3 rings (SSSR count). The SMILES string of the molecule is CCOC(=O)c1ccc(-c2ccc(/C=N/NC(=O)Cc3ccc(Br)cc3)o2)cc1. The highest BCUT2D eigenvalue weighted by Crippen LogP contribution is 2.22. The van der Waals surface area contributed by atoms with Crippen molar-refractivity contribution < 1.29 is 18.7 Å². The standard InChI is InChI=1S/C22H19BrN2O4/c1-2-28-22(27)17-7-5-16(6-8-17)20-12-11-19(29-20)14-24-25-21(26)13-15-3-9-18(23)10-4-15/h3-12,14H,2,13H2,1H3,(H,25,26)/b24-14+. The third-order valence-corrected chi connectivity index (χ3v) is 4.49. The van der Waals surface area contributed by atoms with Gasteiger partial charge in [0, 0.05) is 10.0 Å². The van der Waals surface area contributed by atoms with E-state index in [2.05, 4.69) is 26.5 Å². The van der Waals surface area contributed by atoms with E-state index in [0.29, 0.717) is 23.7 Å². The molecule has 2 aromatic carbocycles. The number of nitrogens with one attached hydrogen (secondary N) is 1. The summed E-state index contributed by atoms with van der Waals surface area (Å²) in [5.41, 5.74) is 4.68. The van der Waals surface area contributed by atoms with Gasteiger partial charge in [0.05, 0.1) is 24.8 Å². The lowest BCUT2D eigenvalue weighted by molar-refractivity contribution is -0.120. The van der Waals surface area contributed by atoms with Gasteiger partial charge in [0.25, 0.3) is 0 Å². The minimum absolute atomic E-state index is 0.218. The molecular formula is C22H19BrN2O4. The monoisotopic (exact) mass is 454 g/mol. The summed E-state index contributed by atoms with van der Waals surface area (Å²) in [5, 5.41) is 3.93. The summed E-state index contributed by atoms with van der Waals surface area (Å²) in [6.45, 7) is 2.10. The number of ether oxygens (including phenoxy) is 1. The van der Waals surface area contributed by atoms with Gasteiger partial charge in [0.1, 0.15) is 11.5 Å². The van der Waals surface area contributed by atoms with E-state index in [-0.39, 0.29) is 18.3 Å². The molecular weight excluding hydrogens is 436 g/mol. The number of carbonyl (C=O) groups excluding carboxylic acids is 2. The third kappa shape index (κ3) is 5.89. The molecule has 1 aromatic heterocycles. The van der Waals surface area contributed by atoms with E-state index >= 15 is 0 Å². The van der Waals surface area contributed by atoms with Gasteiger partial charge in [-0.2, -0.15) is 5.10 Å². The van der Waals surface area contributed by atoms with Gasteiger partial charge in [0.15, 0.2) is 0 Å². The topological polar surface area (TPSA) is 80.9 Å². The van der Waals surface area contributed by atoms with E-state index in [9.17, 15) is 9.59 Å². The molecule has 1 amide bonds. The molecule has 6 nitrogen and oxygen atoms in total. The number of rotatable bonds is 7. The van der Waals surface area contributed by atoms with Gasteiger partial charge in [-0.3, -0.25) is 4.79 Å². The van der Waals surface area contributed by atoms with Gasteiger partial charge in [-0.05, 0) is 48.9 Å². The Morgan fingerprint density at radius 1 is 1.07 bits per heavy atom. The number of carbonyl (C=O) groups is 2. The van der Waals surface area contributed by atoms with E-state index in [1.807, 2.05) is 24.3 Å². The van der Waals surface area contributed by atoms with Crippen molar-refractivity contribution in [3.05, 3.63) is 82.0 Å². The number of halogens is 1. The van der Waals surface area contributed by atoms with E-state index in [1.54, 1.807) is 43.3 Å². The average molecular weight is 455 g/mol. The van der Waals surface area contributed by atoms with Crippen molar-refractivity contribution in [3.63, 3.8) is 0 Å². The van der Waals surface area contributed by atoms with Gasteiger partial charge >= 0.3 is 5.97 Å². The van der Waals surface area contributed by atoms with Crippen molar-refractivity contribution >= 4 is 34.0 Å². The van der Waals surface area contributed by atoms with Crippen molar-refractivity contribution in [1.29, 1.82) is 0 Å². The summed E-state index contributed by atoms with van der Waals surface area (Å²) in [5.74, 6) is 0.552. The first-order valence-electron chi connectivity index (χ1n) is 8.99. The number of hydrazone groups is 1. The summed E-state index contributed by atoms with van der Waals surface area (Å²) < 4.78 is 11.6. The van der Waals surface area contributed by atoms with Crippen LogP contribution in [0.3, 0.4) is 0 Å². The van der Waals surface area contributed by atoms with E-state index in [4.69, 9.17) is 9.15 Å². The molecule has 7 heteroatoms. The van der Waals surface area contributed by atoms with Crippen LogP contribution in [0.4, 0.5) is 0 Å². The molecule has 0 spiro atoms. The second kappa shape index (κ2) is 9.84. The van der Waals surface area contributed by atoms with Crippen LogP contribution in [0, 0.1) is 0 Å². The molecule has 0 saturated carbocycles. The molecule has 0 unspecified atom stereocenters. The lowest BCUT2D eigenvalue weighted by Gasteiger charge is -2.02. The highest BCUT2D eigenvalue weighted by atomic mass is 79.9. The first-order chi connectivity index (χ1) is 14.0. The van der Waals surface area contributed by atoms with Crippen LogP contribution in [0.2, 0.25) is 0 Å². The molecule has 0 atom stereocenters. The third-order valence-electron chi connectivity index (χ3n) is 3.97. The number of amides is 1. The molecule has 0 bridgehead atoms. The Hall–Kier alpha value is -3.19. The summed E-state index contributed by atoms with van der Waals surface area (Å²) in [6.07, 6.45) is 1.68. The number of hydrogen-bond acceptors (Lipinski definition) is 5. The molecule has 0 aliphatic rings. The Labute approximate surface area is 176 Å². The molecule has 0 aliphatic carbocycles. The Bertz CT molecular complexity index is 1010. The first-order valence-corrected chi connectivity index (χ1v) is 9.78. The maximum atomic E-state index is 11.9. The van der Waals surface area contributed by atoms with Gasteiger partial charge in [0.2, 0.25) is 5.91 Å². The van der Waals surface area contributed by atoms with Crippen LogP contribution in [0.1, 0.15) is 28.6 Å². The minimum Gasteiger partial charge on any atom is -0.462 e. The molecule has 0 aliphatic heterocycles. The molecule has 1 heterocycles. The highest BCUT2D eigenvalue weighted by Gasteiger charge is 2.08. The number of nitrogens with zero attached hydrogens (tertiary/aromatic N) is 1. The molecule has 148 valence electrons. The maximum Gasteiger partial charge on any atom is 0.338 e. The van der Waals surface area contributed by atoms with E-state index < -0.39 is 0 Å².